The zero-order chi connectivity index (χ0) is 41.5. The molecule has 2 aromatic heterocycles. The number of anilines is 1. The van der Waals surface area contributed by atoms with Crippen molar-refractivity contribution in [2.45, 2.75) is 56.3 Å². The Kier molecular flexibility index (Phi) is 15.3. The van der Waals surface area contributed by atoms with Gasteiger partial charge in [-0.15, -0.1) is 0 Å². The third-order valence-electron chi connectivity index (χ3n) is 6.95. The fourth-order valence-electron chi connectivity index (χ4n) is 4.45. The number of nitrogens with two attached hydrogens (primary N) is 1. The predicted octanol–water partition coefficient (Wildman–Crippen LogP) is -1.83. The lowest BCUT2D eigenvalue weighted by atomic mass is 10.2. The van der Waals surface area contributed by atoms with Crippen LogP contribution < -0.4 is 32.5 Å². The van der Waals surface area contributed by atoms with Gasteiger partial charge >= 0.3 is 25.1 Å². The van der Waals surface area contributed by atoms with Crippen LogP contribution in [0.2, 0.25) is 0 Å². The molecule has 4 heterocycles. The Bertz CT molecular complexity index is 2020. The number of rotatable bonds is 21. The van der Waals surface area contributed by atoms with Crippen molar-refractivity contribution in [3.8, 4) is 0 Å². The van der Waals surface area contributed by atoms with Gasteiger partial charge in [0, 0.05) is 41.6 Å². The van der Waals surface area contributed by atoms with Crippen LogP contribution in [0.15, 0.2) is 45.4 Å². The number of nitrogens with one attached hydrogen (secondary N) is 1. The number of aliphatic hydroxyl groups is 1. The van der Waals surface area contributed by atoms with E-state index in [9.17, 15) is 47.9 Å². The number of aryl methyl sites for hydroxylation is 1. The molecule has 0 saturated carbocycles. The molecule has 0 aliphatic carbocycles. The van der Waals surface area contributed by atoms with Crippen LogP contribution in [0.4, 0.5) is 14.6 Å². The summed E-state index contributed by atoms with van der Waals surface area (Å²) in [6, 6.07) is 0.908. The van der Waals surface area contributed by atoms with Crippen LogP contribution in [0.3, 0.4) is 0 Å². The lowest BCUT2D eigenvalue weighted by molar-refractivity contribution is -0.700. The van der Waals surface area contributed by atoms with Gasteiger partial charge in [0.05, 0.1) is 19.3 Å². The Morgan fingerprint density at radius 1 is 1.07 bits per heavy atom. The summed E-state index contributed by atoms with van der Waals surface area (Å²) in [6.45, 7) is -1.11. The Morgan fingerprint density at radius 2 is 1.80 bits per heavy atom. The molecule has 2 aliphatic heterocycles. The summed E-state index contributed by atoms with van der Waals surface area (Å²) in [5.74, 6) is -4.88. The topological polar surface area (TPSA) is 374 Å². The maximum Gasteiger partial charge on any atom is 0.527 e. The Morgan fingerprint density at radius 3 is 2.50 bits per heavy atom. The number of ether oxygens (including phenoxy) is 2. The second kappa shape index (κ2) is 18.9. The summed E-state index contributed by atoms with van der Waals surface area (Å²) in [7, 11) is -15.4. The van der Waals surface area contributed by atoms with Gasteiger partial charge in [0.1, 0.15) is 31.0 Å². The largest absolute Gasteiger partial charge is 0.756 e. The van der Waals surface area contributed by atoms with Crippen LogP contribution in [0.5, 0.6) is 0 Å². The molecule has 7 unspecified atom stereocenters. The predicted molar refractivity (Wildman–Crippen MR) is 163 cm³/mol. The lowest BCUT2D eigenvalue weighted by Gasteiger charge is -2.32. The first-order chi connectivity index (χ1) is 26.1. The fourth-order valence-corrected chi connectivity index (χ4v) is 6.43. The molecule has 9 atom stereocenters. The summed E-state index contributed by atoms with van der Waals surface area (Å²) in [6.07, 6.45) is -9.25. The third-order valence-corrected chi connectivity index (χ3v) is 9.71. The van der Waals surface area contributed by atoms with E-state index in [-0.39, 0.29) is 22.4 Å². The molecule has 33 heteroatoms. The highest BCUT2D eigenvalue weighted by Crippen LogP contribution is 2.54. The molecule has 2 aromatic rings. The average molecular weight is 875 g/mol. The smallest absolute Gasteiger partial charge is 0.527 e. The summed E-state index contributed by atoms with van der Waals surface area (Å²) in [5, 5.41) is 22.0. The van der Waals surface area contributed by atoms with Gasteiger partial charge in [-0.1, -0.05) is 0 Å². The summed E-state index contributed by atoms with van der Waals surface area (Å²) in [5.41, 5.74) is 2.71. The molecule has 0 spiro atoms. The van der Waals surface area contributed by atoms with Gasteiger partial charge in [0.15, 0.2) is 12.4 Å². The van der Waals surface area contributed by atoms with Crippen molar-refractivity contribution in [3.05, 3.63) is 67.9 Å². The van der Waals surface area contributed by atoms with Crippen LogP contribution in [0, 0.1) is 6.92 Å². The van der Waals surface area contributed by atoms with Crippen molar-refractivity contribution in [2.24, 2.45) is 0 Å². The van der Waals surface area contributed by atoms with E-state index in [1.807, 2.05) is 0 Å². The number of nitrogen functional groups attached to an aromatic ring is 1. The van der Waals surface area contributed by atoms with Crippen molar-refractivity contribution in [1.82, 2.24) is 19.1 Å². The van der Waals surface area contributed by atoms with Crippen molar-refractivity contribution in [2.75, 3.05) is 32.7 Å². The van der Waals surface area contributed by atoms with E-state index in [1.165, 1.54) is 13.1 Å². The van der Waals surface area contributed by atoms with E-state index >= 15 is 8.78 Å². The number of alkyl halides is 2. The highest BCUT2D eigenvalue weighted by Gasteiger charge is 2.63. The number of aromatic nitrogens is 4. The molecule has 2 aliphatic rings. The van der Waals surface area contributed by atoms with Crippen LogP contribution in [0.25, 0.3) is 0 Å². The standard InChI is InChI=1S/C23H32F2N5O23P3/c1-12-10-30(22(34)28-18(12)32)16-9-13(31)14(47-16)11-46-55(37,38)44-7-5-42-51-53-52-43-6-8-45-56(39,40)49-17-19(50-54(35,36)41-2)48-20(23(17,24)25)29-4-3-15(26)27-21(29)33/h3-5,7,10,13-14,16-17,19-20,31H,6,8-9,11H2,1-2H3,(H,35,36)(H,37,38)(H,39,40)(H2,26,27,33)(H,28,32,34)/p-2/b7-5+/t13?,14-,16-,17?,19?,20?/m1/s1. The van der Waals surface area contributed by atoms with Gasteiger partial charge in [-0.3, -0.25) is 42.0 Å². The molecule has 0 aromatic carbocycles. The number of nitrogens with zero attached hydrogens (tertiary/aromatic N) is 3. The fraction of sp³-hybridized carbons (Fsp3) is 0.565. The molecule has 0 amide bonds. The van der Waals surface area contributed by atoms with Crippen LogP contribution >= 0.6 is 23.5 Å². The third kappa shape index (κ3) is 12.3. The van der Waals surface area contributed by atoms with Crippen LogP contribution in [-0.2, 0) is 75.2 Å². The summed E-state index contributed by atoms with van der Waals surface area (Å²) >= 11 is 0. The molecule has 2 saturated heterocycles. The molecule has 0 radical (unpaired) electrons. The number of phosphoric acid groups is 3. The second-order valence-electron chi connectivity index (χ2n) is 10.8. The van der Waals surface area contributed by atoms with Crippen LogP contribution in [-0.4, -0.2) is 86.6 Å². The number of phosphoric ester groups is 3. The van der Waals surface area contributed by atoms with Gasteiger partial charge in [0.2, 0.25) is 12.5 Å². The highest BCUT2D eigenvalue weighted by molar-refractivity contribution is 7.47. The van der Waals surface area contributed by atoms with E-state index in [4.69, 9.17) is 19.7 Å². The Hall–Kier alpha value is -3.35. The molecule has 2 fully saturated rings. The minimum atomic E-state index is -5.79. The molecular formula is C23H30F2N5O23P3-2. The molecular weight excluding hydrogens is 845 g/mol. The highest BCUT2D eigenvalue weighted by atomic mass is 31.2. The molecule has 316 valence electrons. The number of aliphatic hydroxyl groups excluding tert-OH is 1. The van der Waals surface area contributed by atoms with E-state index in [0.717, 1.165) is 10.6 Å². The SMILES string of the molecule is COP(=O)([O-])OC1OC(n2ccc(N)nc2=O)C(F)(F)C1OP(=O)([O-])OCCOOOOO/C=C/OP(=O)(O)OC[C@H]1O[C@@H](n2cc(C)c(=O)[nH]c2=O)CC1O. The summed E-state index contributed by atoms with van der Waals surface area (Å²) < 4.78 is 105. The van der Waals surface area contributed by atoms with Crippen molar-refractivity contribution in [3.63, 3.8) is 0 Å². The number of hydrogen-bond acceptors (Lipinski definition) is 24. The number of H-pyrrole nitrogens is 1. The minimum Gasteiger partial charge on any atom is -0.756 e. The Balaban J connectivity index is 1.14. The van der Waals surface area contributed by atoms with Crippen molar-refractivity contribution in [1.29, 1.82) is 0 Å². The molecule has 28 nitrogen and oxygen atoms in total. The average Bonchev–Trinajstić information content (AvgIpc) is 3.58. The normalized spacial score (nSPS) is 26.8. The quantitative estimate of drug-likeness (QED) is 0.0352. The van der Waals surface area contributed by atoms with Gasteiger partial charge in [0.25, 0.3) is 21.2 Å². The van der Waals surface area contributed by atoms with Gasteiger partial charge in [-0.2, -0.15) is 13.8 Å². The maximum absolute atomic E-state index is 15.3. The molecule has 0 bridgehead atoms. The number of aromatic amines is 1. The first-order valence-corrected chi connectivity index (χ1v) is 19.4. The van der Waals surface area contributed by atoms with E-state index < -0.39 is 103 Å². The first kappa shape index (κ1) is 45.4. The van der Waals surface area contributed by atoms with Crippen molar-refractivity contribution >= 4 is 29.3 Å². The number of halogens is 2. The second-order valence-corrected chi connectivity index (χ2v) is 15.0. The van der Waals surface area contributed by atoms with Gasteiger partial charge in [-0.25, -0.2) is 19.0 Å². The zero-order valence-corrected chi connectivity index (χ0v) is 30.8. The zero-order valence-electron chi connectivity index (χ0n) is 28.2. The minimum absolute atomic E-state index is 0.121. The van der Waals surface area contributed by atoms with Gasteiger partial charge < -0.3 is 53.1 Å². The van der Waals surface area contributed by atoms with Crippen LogP contribution in [0.1, 0.15) is 24.4 Å². The van der Waals surface area contributed by atoms with E-state index in [0.29, 0.717) is 25.8 Å². The number of hydrogen-bond donors (Lipinski definition) is 4. The monoisotopic (exact) mass is 875 g/mol. The molecule has 4 rings (SSSR count). The van der Waals surface area contributed by atoms with Crippen molar-refractivity contribution < 1.29 is 104 Å². The molecule has 5 N–H and O–H groups in total. The maximum atomic E-state index is 15.3. The van der Waals surface area contributed by atoms with E-state index in [1.54, 1.807) is 0 Å². The van der Waals surface area contributed by atoms with Gasteiger partial charge in [-0.05, 0) is 18.0 Å². The summed E-state index contributed by atoms with van der Waals surface area (Å²) in [4.78, 5) is 83.4. The Labute approximate surface area is 309 Å². The first-order valence-electron chi connectivity index (χ1n) is 15.0. The van der Waals surface area contributed by atoms with E-state index in [2.05, 4.69) is 57.5 Å². The molecule has 56 heavy (non-hydrogen) atoms. The lowest BCUT2D eigenvalue weighted by Crippen LogP contribution is -2.43.